The summed E-state index contributed by atoms with van der Waals surface area (Å²) in [5.41, 5.74) is 3.52. The molecule has 3 aromatic rings. The highest BCUT2D eigenvalue weighted by Gasteiger charge is 2.18. The Hall–Kier alpha value is -3.18. The summed E-state index contributed by atoms with van der Waals surface area (Å²) in [5, 5.41) is 3.38. The summed E-state index contributed by atoms with van der Waals surface area (Å²) < 4.78 is 0. The van der Waals surface area contributed by atoms with Gasteiger partial charge in [-0.25, -0.2) is 4.98 Å². The molecule has 0 radical (unpaired) electrons. The largest absolute Gasteiger partial charge is 0.340 e. The van der Waals surface area contributed by atoms with Crippen LogP contribution < -0.4 is 10.2 Å². The predicted octanol–water partition coefficient (Wildman–Crippen LogP) is 4.36. The zero-order valence-corrected chi connectivity index (χ0v) is 16.8. The van der Waals surface area contributed by atoms with Crippen molar-refractivity contribution >= 4 is 23.5 Å². The van der Waals surface area contributed by atoms with E-state index in [9.17, 15) is 0 Å². The fourth-order valence-electron chi connectivity index (χ4n) is 3.47. The van der Waals surface area contributed by atoms with Gasteiger partial charge in [0.1, 0.15) is 5.82 Å². The molecule has 5 nitrogen and oxygen atoms in total. The molecule has 2 heterocycles. The first-order chi connectivity index (χ1) is 14.3. The quantitative estimate of drug-likeness (QED) is 0.683. The number of hydrogen-bond donors (Lipinski definition) is 1. The van der Waals surface area contributed by atoms with Gasteiger partial charge in [0, 0.05) is 44.6 Å². The van der Waals surface area contributed by atoms with Gasteiger partial charge >= 0.3 is 0 Å². The highest BCUT2D eigenvalue weighted by molar-refractivity contribution is 5.57. The van der Waals surface area contributed by atoms with E-state index in [4.69, 9.17) is 4.98 Å². The molecule has 1 aliphatic rings. The van der Waals surface area contributed by atoms with Gasteiger partial charge in [-0.05, 0) is 36.2 Å². The minimum Gasteiger partial charge on any atom is -0.340 e. The average Bonchev–Trinajstić information content (AvgIpc) is 2.75. The first-order valence-corrected chi connectivity index (χ1v) is 10.1. The molecule has 1 fully saturated rings. The number of anilines is 3. The Kier molecular flexibility index (Phi) is 6.17. The first-order valence-electron chi connectivity index (χ1n) is 10.1. The van der Waals surface area contributed by atoms with Crippen LogP contribution in [0.3, 0.4) is 0 Å². The van der Waals surface area contributed by atoms with E-state index >= 15 is 0 Å². The second-order valence-corrected chi connectivity index (χ2v) is 7.34. The number of benzene rings is 2. The van der Waals surface area contributed by atoms with Gasteiger partial charge in [-0.2, -0.15) is 4.98 Å². The van der Waals surface area contributed by atoms with Crippen molar-refractivity contribution in [1.29, 1.82) is 0 Å². The SMILES string of the molecule is Cc1cccc(Nc2ccnc(N3CCN(C/C=C/c4ccccc4)CC3)n2)c1. The number of nitrogens with one attached hydrogen (secondary N) is 1. The Morgan fingerprint density at radius 1 is 0.966 bits per heavy atom. The number of aryl methyl sites for hydroxylation is 1. The molecule has 0 amide bonds. The maximum atomic E-state index is 4.72. The van der Waals surface area contributed by atoms with Crippen molar-refractivity contribution in [2.75, 3.05) is 42.9 Å². The van der Waals surface area contributed by atoms with E-state index < -0.39 is 0 Å². The summed E-state index contributed by atoms with van der Waals surface area (Å²) in [6.45, 7) is 6.96. The van der Waals surface area contributed by atoms with E-state index in [1.165, 1.54) is 11.1 Å². The van der Waals surface area contributed by atoms with E-state index in [-0.39, 0.29) is 0 Å². The minimum absolute atomic E-state index is 0.794. The van der Waals surface area contributed by atoms with Crippen molar-refractivity contribution in [3.63, 3.8) is 0 Å². The third-order valence-corrected chi connectivity index (χ3v) is 5.06. The van der Waals surface area contributed by atoms with Crippen LogP contribution in [0, 0.1) is 6.92 Å². The molecule has 4 rings (SSSR count). The van der Waals surface area contributed by atoms with Crippen molar-refractivity contribution in [3.05, 3.63) is 84.1 Å². The van der Waals surface area contributed by atoms with Gasteiger partial charge < -0.3 is 10.2 Å². The van der Waals surface area contributed by atoms with Crippen LogP contribution in [0.5, 0.6) is 0 Å². The van der Waals surface area contributed by atoms with Gasteiger partial charge in [-0.1, -0.05) is 54.6 Å². The molecule has 0 saturated carbocycles. The van der Waals surface area contributed by atoms with Gasteiger partial charge in [0.25, 0.3) is 0 Å². The lowest BCUT2D eigenvalue weighted by molar-refractivity contribution is 0.283. The summed E-state index contributed by atoms with van der Waals surface area (Å²) in [6, 6.07) is 20.7. The van der Waals surface area contributed by atoms with Crippen molar-refractivity contribution in [1.82, 2.24) is 14.9 Å². The fraction of sp³-hybridized carbons (Fsp3) is 0.250. The zero-order valence-electron chi connectivity index (χ0n) is 16.8. The van der Waals surface area contributed by atoms with Gasteiger partial charge in [0.15, 0.2) is 0 Å². The monoisotopic (exact) mass is 385 g/mol. The number of nitrogens with zero attached hydrogens (tertiary/aromatic N) is 4. The summed E-state index contributed by atoms with van der Waals surface area (Å²) >= 11 is 0. The van der Waals surface area contributed by atoms with Gasteiger partial charge in [0.2, 0.25) is 5.95 Å². The lowest BCUT2D eigenvalue weighted by Crippen LogP contribution is -2.46. The highest BCUT2D eigenvalue weighted by Crippen LogP contribution is 2.18. The summed E-state index contributed by atoms with van der Waals surface area (Å²) in [7, 11) is 0. The Balaban J connectivity index is 1.31. The molecule has 29 heavy (non-hydrogen) atoms. The van der Waals surface area contributed by atoms with Crippen molar-refractivity contribution in [3.8, 4) is 0 Å². The highest BCUT2D eigenvalue weighted by atomic mass is 15.3. The second kappa shape index (κ2) is 9.34. The summed E-state index contributed by atoms with van der Waals surface area (Å²) in [5.74, 6) is 1.62. The molecular formula is C24H27N5. The average molecular weight is 386 g/mol. The van der Waals surface area contributed by atoms with Crippen LogP contribution in [0.25, 0.3) is 6.08 Å². The Morgan fingerprint density at radius 3 is 2.59 bits per heavy atom. The van der Waals surface area contributed by atoms with Gasteiger partial charge in [-0.15, -0.1) is 0 Å². The third kappa shape index (κ3) is 5.42. The summed E-state index contributed by atoms with van der Waals surface area (Å²) in [4.78, 5) is 13.9. The molecule has 0 unspecified atom stereocenters. The molecule has 1 aromatic heterocycles. The smallest absolute Gasteiger partial charge is 0.227 e. The second-order valence-electron chi connectivity index (χ2n) is 7.34. The molecular weight excluding hydrogens is 358 g/mol. The molecule has 0 aliphatic carbocycles. The Bertz CT molecular complexity index is 946. The van der Waals surface area contributed by atoms with Crippen molar-refractivity contribution < 1.29 is 0 Å². The number of piperazine rings is 1. The van der Waals surface area contributed by atoms with Crippen LogP contribution in [0.4, 0.5) is 17.5 Å². The molecule has 5 heteroatoms. The topological polar surface area (TPSA) is 44.3 Å². The molecule has 148 valence electrons. The molecule has 1 saturated heterocycles. The molecule has 1 N–H and O–H groups in total. The Labute approximate surface area is 172 Å². The summed E-state index contributed by atoms with van der Waals surface area (Å²) in [6.07, 6.45) is 6.26. The third-order valence-electron chi connectivity index (χ3n) is 5.06. The van der Waals surface area contributed by atoms with Crippen molar-refractivity contribution in [2.45, 2.75) is 6.92 Å². The van der Waals surface area contributed by atoms with Crippen LogP contribution in [-0.2, 0) is 0 Å². The maximum absolute atomic E-state index is 4.72. The number of hydrogen-bond acceptors (Lipinski definition) is 5. The van der Waals surface area contributed by atoms with Crippen LogP contribution in [0.15, 0.2) is 72.9 Å². The van der Waals surface area contributed by atoms with Crippen LogP contribution in [-0.4, -0.2) is 47.6 Å². The normalized spacial score (nSPS) is 15.0. The van der Waals surface area contributed by atoms with Crippen LogP contribution in [0.1, 0.15) is 11.1 Å². The lowest BCUT2D eigenvalue weighted by Gasteiger charge is -2.34. The van der Waals surface area contributed by atoms with Crippen LogP contribution >= 0.6 is 0 Å². The molecule has 0 spiro atoms. The minimum atomic E-state index is 0.794. The maximum Gasteiger partial charge on any atom is 0.227 e. The molecule has 1 aliphatic heterocycles. The van der Waals surface area contributed by atoms with Gasteiger partial charge in [-0.3, -0.25) is 4.90 Å². The molecule has 0 bridgehead atoms. The van der Waals surface area contributed by atoms with E-state index in [0.717, 1.165) is 50.2 Å². The van der Waals surface area contributed by atoms with E-state index in [1.54, 1.807) is 0 Å². The zero-order chi connectivity index (χ0) is 19.9. The van der Waals surface area contributed by atoms with E-state index in [1.807, 2.05) is 24.4 Å². The van der Waals surface area contributed by atoms with E-state index in [0.29, 0.717) is 0 Å². The standard InChI is InChI=1S/C24H27N5/c1-20-7-5-11-22(19-20)26-23-12-13-25-24(27-23)29-17-15-28(16-18-29)14-6-10-21-8-3-2-4-9-21/h2-13,19H,14-18H2,1H3,(H,25,26,27)/b10-6+. The Morgan fingerprint density at radius 2 is 1.79 bits per heavy atom. The van der Waals surface area contributed by atoms with Crippen LogP contribution in [0.2, 0.25) is 0 Å². The number of rotatable bonds is 6. The predicted molar refractivity (Wildman–Crippen MR) is 121 cm³/mol. The van der Waals surface area contributed by atoms with Crippen molar-refractivity contribution in [2.24, 2.45) is 0 Å². The van der Waals surface area contributed by atoms with E-state index in [2.05, 4.69) is 81.6 Å². The first kappa shape index (κ1) is 19.2. The fourth-order valence-corrected chi connectivity index (χ4v) is 3.47. The molecule has 2 aromatic carbocycles. The molecule has 0 atom stereocenters. The lowest BCUT2D eigenvalue weighted by atomic mass is 10.2. The van der Waals surface area contributed by atoms with Gasteiger partial charge in [0.05, 0.1) is 0 Å². The number of aromatic nitrogens is 2.